The van der Waals surface area contributed by atoms with Crippen LogP contribution in [0.15, 0.2) is 0 Å². The minimum absolute atomic E-state index is 0.110. The molecule has 2 rings (SSSR count). The topological polar surface area (TPSA) is 35.6 Å². The number of amides is 1. The van der Waals surface area contributed by atoms with Gasteiger partial charge in [-0.1, -0.05) is 0 Å². The molecule has 2 aliphatic rings. The molecule has 2 saturated heterocycles. The summed E-state index contributed by atoms with van der Waals surface area (Å²) in [4.78, 5) is 16.2. The van der Waals surface area contributed by atoms with Crippen molar-refractivity contribution in [2.24, 2.45) is 0 Å². The third-order valence-electron chi connectivity index (χ3n) is 3.17. The lowest BCUT2D eigenvalue weighted by Gasteiger charge is -2.33. The van der Waals surface area contributed by atoms with Crippen molar-refractivity contribution >= 4 is 5.91 Å². The first-order chi connectivity index (χ1) is 6.77. The maximum Gasteiger partial charge on any atom is 0.239 e. The molecule has 0 aromatic carbocycles. The quantitative estimate of drug-likeness (QED) is 0.616. The summed E-state index contributed by atoms with van der Waals surface area (Å²) in [6.45, 7) is 4.82. The fraction of sp³-hybridized carbons (Fsp3) is 0.900. The van der Waals surface area contributed by atoms with Crippen molar-refractivity contribution in [3.8, 4) is 0 Å². The summed E-state index contributed by atoms with van der Waals surface area (Å²) in [6, 6.07) is 0.110. The highest BCUT2D eigenvalue weighted by Gasteiger charge is 2.28. The molecular formula is C10H19N3O. The fourth-order valence-electron chi connectivity index (χ4n) is 2.14. The van der Waals surface area contributed by atoms with Gasteiger partial charge in [0.15, 0.2) is 0 Å². The van der Waals surface area contributed by atoms with E-state index in [1.807, 2.05) is 4.90 Å². The lowest BCUT2D eigenvalue weighted by molar-refractivity contribution is -0.134. The highest BCUT2D eigenvalue weighted by Crippen LogP contribution is 2.10. The SMILES string of the molecule is CN1CCN(C(=O)[C@@H]2CCCN2)CC1. The van der Waals surface area contributed by atoms with E-state index in [1.165, 1.54) is 0 Å². The van der Waals surface area contributed by atoms with Crippen LogP contribution in [0.25, 0.3) is 0 Å². The first-order valence-corrected chi connectivity index (χ1v) is 5.48. The van der Waals surface area contributed by atoms with Crippen LogP contribution in [0.5, 0.6) is 0 Å². The Hall–Kier alpha value is -0.610. The van der Waals surface area contributed by atoms with Crippen LogP contribution >= 0.6 is 0 Å². The number of nitrogens with one attached hydrogen (secondary N) is 1. The van der Waals surface area contributed by atoms with Crippen LogP contribution in [0.3, 0.4) is 0 Å². The van der Waals surface area contributed by atoms with Crippen molar-refractivity contribution in [1.29, 1.82) is 0 Å². The average Bonchev–Trinajstić information content (AvgIpc) is 2.71. The van der Waals surface area contributed by atoms with Crippen LogP contribution in [0.1, 0.15) is 12.8 Å². The predicted molar refractivity (Wildman–Crippen MR) is 55.1 cm³/mol. The number of piperazine rings is 1. The van der Waals surface area contributed by atoms with Gasteiger partial charge in [0.1, 0.15) is 0 Å². The van der Waals surface area contributed by atoms with Crippen LogP contribution in [-0.2, 0) is 4.79 Å². The monoisotopic (exact) mass is 197 g/mol. The third kappa shape index (κ3) is 2.07. The first kappa shape index (κ1) is 9.93. The second-order valence-corrected chi connectivity index (χ2v) is 4.28. The summed E-state index contributed by atoms with van der Waals surface area (Å²) in [6.07, 6.45) is 2.16. The van der Waals surface area contributed by atoms with Gasteiger partial charge < -0.3 is 15.1 Å². The largest absolute Gasteiger partial charge is 0.339 e. The molecule has 0 aliphatic carbocycles. The molecule has 1 N–H and O–H groups in total. The minimum atomic E-state index is 0.110. The Labute approximate surface area is 85.2 Å². The van der Waals surface area contributed by atoms with E-state index < -0.39 is 0 Å². The van der Waals surface area contributed by atoms with Crippen molar-refractivity contribution in [2.75, 3.05) is 39.8 Å². The van der Waals surface area contributed by atoms with E-state index in [0.29, 0.717) is 5.91 Å². The van der Waals surface area contributed by atoms with Crippen molar-refractivity contribution in [3.63, 3.8) is 0 Å². The molecule has 2 fully saturated rings. The summed E-state index contributed by atoms with van der Waals surface area (Å²) in [5.41, 5.74) is 0. The molecule has 2 heterocycles. The van der Waals surface area contributed by atoms with Gasteiger partial charge >= 0.3 is 0 Å². The van der Waals surface area contributed by atoms with Crippen LogP contribution in [0, 0.1) is 0 Å². The molecule has 4 heteroatoms. The first-order valence-electron chi connectivity index (χ1n) is 5.48. The maximum atomic E-state index is 12.0. The zero-order chi connectivity index (χ0) is 9.97. The van der Waals surface area contributed by atoms with Crippen molar-refractivity contribution in [2.45, 2.75) is 18.9 Å². The normalized spacial score (nSPS) is 29.5. The van der Waals surface area contributed by atoms with Crippen LogP contribution < -0.4 is 5.32 Å². The van der Waals surface area contributed by atoms with Crippen molar-refractivity contribution in [3.05, 3.63) is 0 Å². The molecule has 0 spiro atoms. The van der Waals surface area contributed by atoms with Crippen LogP contribution in [-0.4, -0.2) is 61.5 Å². The number of likely N-dealkylation sites (N-methyl/N-ethyl adjacent to an activating group) is 1. The van der Waals surface area contributed by atoms with E-state index in [4.69, 9.17) is 0 Å². The molecule has 14 heavy (non-hydrogen) atoms. The molecule has 2 aliphatic heterocycles. The smallest absolute Gasteiger partial charge is 0.239 e. The molecule has 1 atom stereocenters. The van der Waals surface area contributed by atoms with Gasteiger partial charge in [0.2, 0.25) is 5.91 Å². The summed E-state index contributed by atoms with van der Waals surface area (Å²) < 4.78 is 0. The number of nitrogens with zero attached hydrogens (tertiary/aromatic N) is 2. The van der Waals surface area contributed by atoms with Gasteiger partial charge in [-0.2, -0.15) is 0 Å². The number of rotatable bonds is 1. The highest BCUT2D eigenvalue weighted by atomic mass is 16.2. The van der Waals surface area contributed by atoms with Crippen LogP contribution in [0.2, 0.25) is 0 Å². The molecule has 0 aromatic rings. The fourth-order valence-corrected chi connectivity index (χ4v) is 2.14. The van der Waals surface area contributed by atoms with Gasteiger partial charge in [-0.15, -0.1) is 0 Å². The third-order valence-corrected chi connectivity index (χ3v) is 3.17. The Morgan fingerprint density at radius 3 is 2.57 bits per heavy atom. The number of carbonyl (C=O) groups excluding carboxylic acids is 1. The zero-order valence-electron chi connectivity index (χ0n) is 8.83. The van der Waals surface area contributed by atoms with E-state index in [1.54, 1.807) is 0 Å². The summed E-state index contributed by atoms with van der Waals surface area (Å²) in [5, 5.41) is 3.26. The Morgan fingerprint density at radius 1 is 1.29 bits per heavy atom. The lowest BCUT2D eigenvalue weighted by Crippen LogP contribution is -2.52. The van der Waals surface area contributed by atoms with Crippen molar-refractivity contribution < 1.29 is 4.79 Å². The van der Waals surface area contributed by atoms with E-state index in [-0.39, 0.29) is 6.04 Å². The predicted octanol–water partition coefficient (Wildman–Crippen LogP) is -0.488. The van der Waals surface area contributed by atoms with Gasteiger partial charge in [-0.25, -0.2) is 0 Å². The summed E-state index contributed by atoms with van der Waals surface area (Å²) >= 11 is 0. The Kier molecular flexibility index (Phi) is 3.03. The van der Waals surface area contributed by atoms with Gasteiger partial charge in [0, 0.05) is 26.2 Å². The molecule has 0 aromatic heterocycles. The summed E-state index contributed by atoms with van der Waals surface area (Å²) in [7, 11) is 2.11. The van der Waals surface area contributed by atoms with Gasteiger partial charge in [-0.05, 0) is 26.4 Å². The molecule has 4 nitrogen and oxygen atoms in total. The molecule has 80 valence electrons. The van der Waals surface area contributed by atoms with E-state index in [0.717, 1.165) is 45.6 Å². The molecule has 0 unspecified atom stereocenters. The van der Waals surface area contributed by atoms with Gasteiger partial charge in [0.05, 0.1) is 6.04 Å². The van der Waals surface area contributed by atoms with Gasteiger partial charge in [-0.3, -0.25) is 4.79 Å². The number of hydrogen-bond donors (Lipinski definition) is 1. The molecule has 0 saturated carbocycles. The maximum absolute atomic E-state index is 12.0. The molecule has 0 bridgehead atoms. The number of carbonyl (C=O) groups is 1. The minimum Gasteiger partial charge on any atom is -0.339 e. The van der Waals surface area contributed by atoms with E-state index >= 15 is 0 Å². The summed E-state index contributed by atoms with van der Waals surface area (Å²) in [5.74, 6) is 0.315. The highest BCUT2D eigenvalue weighted by molar-refractivity contribution is 5.82. The van der Waals surface area contributed by atoms with E-state index in [9.17, 15) is 4.79 Å². The molecular weight excluding hydrogens is 178 g/mol. The second-order valence-electron chi connectivity index (χ2n) is 4.28. The second kappa shape index (κ2) is 4.28. The lowest BCUT2D eigenvalue weighted by atomic mass is 10.2. The Bertz CT molecular complexity index is 205. The molecule has 1 amide bonds. The van der Waals surface area contributed by atoms with Crippen LogP contribution in [0.4, 0.5) is 0 Å². The number of hydrogen-bond acceptors (Lipinski definition) is 3. The van der Waals surface area contributed by atoms with Crippen molar-refractivity contribution in [1.82, 2.24) is 15.1 Å². The van der Waals surface area contributed by atoms with E-state index in [2.05, 4.69) is 17.3 Å². The zero-order valence-corrected chi connectivity index (χ0v) is 8.83. The average molecular weight is 197 g/mol. The Morgan fingerprint density at radius 2 is 2.00 bits per heavy atom. The molecule has 0 radical (unpaired) electrons. The van der Waals surface area contributed by atoms with Gasteiger partial charge in [0.25, 0.3) is 0 Å². The standard InChI is InChI=1S/C10H19N3O/c1-12-5-7-13(8-6-12)10(14)9-3-2-4-11-9/h9,11H,2-8H2,1H3/t9-/m0/s1. The Balaban J connectivity index is 1.85.